The summed E-state index contributed by atoms with van der Waals surface area (Å²) in [5.74, 6) is -0.187. The minimum absolute atomic E-state index is 0.307. The molecule has 2 aromatic rings. The van der Waals surface area contributed by atoms with Crippen LogP contribution in [-0.2, 0) is 0 Å². The maximum atomic E-state index is 13.5. The summed E-state index contributed by atoms with van der Waals surface area (Å²) >= 11 is 0. The molecule has 7 heteroatoms. The molecule has 2 aliphatic heterocycles. The van der Waals surface area contributed by atoms with Gasteiger partial charge in [-0.05, 0) is 73.0 Å². The van der Waals surface area contributed by atoms with Crippen molar-refractivity contribution < 1.29 is 27.0 Å². The molecule has 0 spiro atoms. The number of alkyl halides is 3. The number of piperidine rings is 1. The normalized spacial score (nSPS) is 17.7. The minimum atomic E-state index is -4.78. The second kappa shape index (κ2) is 8.06. The van der Waals surface area contributed by atoms with E-state index in [0.29, 0.717) is 24.5 Å². The van der Waals surface area contributed by atoms with Crippen LogP contribution < -0.4 is 9.47 Å². The van der Waals surface area contributed by atoms with Gasteiger partial charge in [-0.2, -0.15) is 0 Å². The average molecular weight is 407 g/mol. The van der Waals surface area contributed by atoms with Crippen LogP contribution in [0.3, 0.4) is 0 Å². The molecule has 1 fully saturated rings. The van der Waals surface area contributed by atoms with E-state index in [1.165, 1.54) is 36.8 Å². The van der Waals surface area contributed by atoms with Crippen molar-refractivity contribution in [2.24, 2.45) is 0 Å². The Balaban J connectivity index is 1.77. The molecule has 0 N–H and O–H groups in total. The van der Waals surface area contributed by atoms with Crippen LogP contribution in [0, 0.1) is 5.82 Å². The van der Waals surface area contributed by atoms with Crippen LogP contribution in [0.25, 0.3) is 5.57 Å². The molecule has 0 saturated carbocycles. The highest BCUT2D eigenvalue weighted by molar-refractivity contribution is 5.87. The average Bonchev–Trinajstić information content (AvgIpc) is 2.68. The zero-order valence-corrected chi connectivity index (χ0v) is 15.8. The molecule has 0 atom stereocenters. The van der Waals surface area contributed by atoms with Gasteiger partial charge in [0.1, 0.15) is 23.9 Å². The summed E-state index contributed by atoms with van der Waals surface area (Å²) in [6, 6.07) is 10.1. The minimum Gasteiger partial charge on any atom is -0.489 e. The lowest BCUT2D eigenvalue weighted by atomic mass is 9.90. The standard InChI is InChI=1S/C22H21F4NO2/c23-17-6-4-15(5-7-17)21-16(13-27-10-2-1-3-11-27)14-28-20-9-8-18(12-19(20)21)29-22(24,25)26/h4-9,12H,1-3,10-11,13-14H2. The van der Waals surface area contributed by atoms with Crippen molar-refractivity contribution in [1.82, 2.24) is 4.90 Å². The number of hydrogen-bond acceptors (Lipinski definition) is 3. The smallest absolute Gasteiger partial charge is 0.489 e. The van der Waals surface area contributed by atoms with Crippen LogP contribution in [0.5, 0.6) is 11.5 Å². The summed E-state index contributed by atoms with van der Waals surface area (Å²) in [5, 5.41) is 0. The molecule has 154 valence electrons. The highest BCUT2D eigenvalue weighted by Gasteiger charge is 2.32. The van der Waals surface area contributed by atoms with Crippen molar-refractivity contribution in [3.05, 3.63) is 65.0 Å². The van der Waals surface area contributed by atoms with E-state index in [1.807, 2.05) is 0 Å². The Kier molecular flexibility index (Phi) is 5.50. The van der Waals surface area contributed by atoms with E-state index in [1.54, 1.807) is 12.1 Å². The summed E-state index contributed by atoms with van der Waals surface area (Å²) < 4.78 is 61.6. The van der Waals surface area contributed by atoms with Crippen LogP contribution in [0.1, 0.15) is 30.4 Å². The fourth-order valence-corrected chi connectivity index (χ4v) is 3.94. The van der Waals surface area contributed by atoms with Crippen molar-refractivity contribution in [3.8, 4) is 11.5 Å². The molecule has 29 heavy (non-hydrogen) atoms. The SMILES string of the molecule is Fc1ccc(C2=C(CN3CCCCC3)COc3ccc(OC(F)(F)F)cc32)cc1. The molecule has 2 aliphatic rings. The second-order valence-corrected chi connectivity index (χ2v) is 7.32. The van der Waals surface area contributed by atoms with Gasteiger partial charge in [0.25, 0.3) is 0 Å². The van der Waals surface area contributed by atoms with Crippen LogP contribution in [0.2, 0.25) is 0 Å². The predicted molar refractivity (Wildman–Crippen MR) is 101 cm³/mol. The topological polar surface area (TPSA) is 21.7 Å². The van der Waals surface area contributed by atoms with E-state index >= 15 is 0 Å². The Morgan fingerprint density at radius 1 is 0.966 bits per heavy atom. The predicted octanol–water partition coefficient (Wildman–Crippen LogP) is 5.40. The van der Waals surface area contributed by atoms with Gasteiger partial charge in [0.05, 0.1) is 0 Å². The number of benzene rings is 2. The first-order valence-electron chi connectivity index (χ1n) is 9.62. The first-order chi connectivity index (χ1) is 13.9. The van der Waals surface area contributed by atoms with E-state index in [2.05, 4.69) is 9.64 Å². The summed E-state index contributed by atoms with van der Waals surface area (Å²) in [4.78, 5) is 2.33. The second-order valence-electron chi connectivity index (χ2n) is 7.32. The lowest BCUT2D eigenvalue weighted by Gasteiger charge is -2.31. The van der Waals surface area contributed by atoms with Gasteiger partial charge in [-0.3, -0.25) is 4.90 Å². The Labute approximate surface area is 166 Å². The molecule has 0 unspecified atom stereocenters. The zero-order chi connectivity index (χ0) is 20.4. The third-order valence-corrected chi connectivity index (χ3v) is 5.21. The summed E-state index contributed by atoms with van der Waals surface area (Å²) in [7, 11) is 0. The number of rotatable bonds is 4. The molecule has 4 rings (SSSR count). The van der Waals surface area contributed by atoms with E-state index < -0.39 is 6.36 Å². The van der Waals surface area contributed by atoms with Crippen LogP contribution in [0.15, 0.2) is 48.0 Å². The summed E-state index contributed by atoms with van der Waals surface area (Å²) in [6.07, 6.45) is -1.32. The highest BCUT2D eigenvalue weighted by Crippen LogP contribution is 2.40. The van der Waals surface area contributed by atoms with Gasteiger partial charge >= 0.3 is 6.36 Å². The fourth-order valence-electron chi connectivity index (χ4n) is 3.94. The molecule has 1 saturated heterocycles. The van der Waals surface area contributed by atoms with Crippen LogP contribution in [-0.4, -0.2) is 37.5 Å². The molecule has 0 bridgehead atoms. The molecule has 2 aromatic carbocycles. The number of hydrogen-bond donors (Lipinski definition) is 0. The molecular weight excluding hydrogens is 386 g/mol. The molecule has 0 aliphatic carbocycles. The molecule has 3 nitrogen and oxygen atoms in total. The number of fused-ring (bicyclic) bond motifs is 1. The largest absolute Gasteiger partial charge is 0.573 e. The lowest BCUT2D eigenvalue weighted by molar-refractivity contribution is -0.274. The van der Waals surface area contributed by atoms with Gasteiger partial charge in [-0.15, -0.1) is 13.2 Å². The lowest BCUT2D eigenvalue weighted by Crippen LogP contribution is -2.33. The molecule has 0 amide bonds. The van der Waals surface area contributed by atoms with Gasteiger partial charge in [0.2, 0.25) is 0 Å². The number of halogens is 4. The third kappa shape index (κ3) is 4.72. The van der Waals surface area contributed by atoms with Crippen molar-refractivity contribution in [2.45, 2.75) is 25.6 Å². The highest BCUT2D eigenvalue weighted by atomic mass is 19.4. The van der Waals surface area contributed by atoms with Crippen molar-refractivity contribution in [1.29, 1.82) is 0 Å². The molecule has 2 heterocycles. The van der Waals surface area contributed by atoms with Crippen LogP contribution >= 0.6 is 0 Å². The Morgan fingerprint density at radius 3 is 2.38 bits per heavy atom. The third-order valence-electron chi connectivity index (χ3n) is 5.21. The summed E-state index contributed by atoms with van der Waals surface area (Å²) in [5.41, 5.74) is 3.02. The van der Waals surface area contributed by atoms with Gasteiger partial charge in [-0.1, -0.05) is 18.6 Å². The van der Waals surface area contributed by atoms with Crippen molar-refractivity contribution in [2.75, 3.05) is 26.2 Å². The van der Waals surface area contributed by atoms with E-state index in [4.69, 9.17) is 4.74 Å². The van der Waals surface area contributed by atoms with Crippen LogP contribution in [0.4, 0.5) is 17.6 Å². The first-order valence-corrected chi connectivity index (χ1v) is 9.62. The number of ether oxygens (including phenoxy) is 2. The van der Waals surface area contributed by atoms with E-state index in [9.17, 15) is 17.6 Å². The number of nitrogens with zero attached hydrogens (tertiary/aromatic N) is 1. The maximum absolute atomic E-state index is 13.5. The van der Waals surface area contributed by atoms with Crippen molar-refractivity contribution >= 4 is 5.57 Å². The Hall–Kier alpha value is -2.54. The fraction of sp³-hybridized carbons (Fsp3) is 0.364. The van der Waals surface area contributed by atoms with Gasteiger partial charge < -0.3 is 9.47 Å². The number of likely N-dealkylation sites (tertiary alicyclic amines) is 1. The van der Waals surface area contributed by atoms with E-state index in [0.717, 1.165) is 42.6 Å². The van der Waals surface area contributed by atoms with Crippen molar-refractivity contribution in [3.63, 3.8) is 0 Å². The monoisotopic (exact) mass is 407 g/mol. The Bertz CT molecular complexity index is 900. The first kappa shape index (κ1) is 19.8. The molecule has 0 aromatic heterocycles. The maximum Gasteiger partial charge on any atom is 0.573 e. The van der Waals surface area contributed by atoms with Gasteiger partial charge in [-0.25, -0.2) is 4.39 Å². The molecule has 0 radical (unpaired) electrons. The molecular formula is C22H21F4NO2. The van der Waals surface area contributed by atoms with Gasteiger partial charge in [0.15, 0.2) is 0 Å². The Morgan fingerprint density at radius 2 is 1.69 bits per heavy atom. The van der Waals surface area contributed by atoms with Gasteiger partial charge in [0, 0.05) is 12.1 Å². The van der Waals surface area contributed by atoms with E-state index in [-0.39, 0.29) is 11.6 Å². The summed E-state index contributed by atoms with van der Waals surface area (Å²) in [6.45, 7) is 2.96. The quantitative estimate of drug-likeness (QED) is 0.633. The zero-order valence-electron chi connectivity index (χ0n) is 15.8.